The van der Waals surface area contributed by atoms with Crippen molar-refractivity contribution >= 4 is 29.0 Å². The van der Waals surface area contributed by atoms with Crippen LogP contribution in [0.2, 0.25) is 5.02 Å². The van der Waals surface area contributed by atoms with E-state index in [9.17, 15) is 4.79 Å². The molecule has 0 aliphatic carbocycles. The van der Waals surface area contributed by atoms with Gasteiger partial charge in [-0.15, -0.1) is 5.10 Å². The fourth-order valence-electron chi connectivity index (χ4n) is 3.08. The van der Waals surface area contributed by atoms with Crippen LogP contribution in [-0.2, 0) is 0 Å². The van der Waals surface area contributed by atoms with Crippen LogP contribution in [0, 0.1) is 6.92 Å². The summed E-state index contributed by atoms with van der Waals surface area (Å²) in [6, 6.07) is 8.08. The first-order valence-corrected chi connectivity index (χ1v) is 9.37. The number of rotatable bonds is 5. The molecule has 1 aromatic carbocycles. The standard InChI is InChI=1S/C17H21ClN4OS/c1-12-16(24-21-20-12)17(23)19-11-15(22-9-3-2-4-10-22)13-5-7-14(18)8-6-13/h5-8,15H,2-4,9-11H2,1H3,(H,19,23)/t15-/m1/s1. The highest BCUT2D eigenvalue weighted by Crippen LogP contribution is 2.25. The Labute approximate surface area is 151 Å². The lowest BCUT2D eigenvalue weighted by atomic mass is 10.0. The fraction of sp³-hybridized carbons (Fsp3) is 0.471. The van der Waals surface area contributed by atoms with E-state index in [2.05, 4.69) is 19.8 Å². The van der Waals surface area contributed by atoms with Gasteiger partial charge in [0.2, 0.25) is 0 Å². The lowest BCUT2D eigenvalue weighted by Crippen LogP contribution is -2.40. The van der Waals surface area contributed by atoms with Crippen molar-refractivity contribution < 1.29 is 4.79 Å². The summed E-state index contributed by atoms with van der Waals surface area (Å²) < 4.78 is 3.83. The molecule has 0 saturated carbocycles. The second-order valence-corrected chi connectivity index (χ2v) is 7.25. The van der Waals surface area contributed by atoms with Gasteiger partial charge in [-0.25, -0.2) is 0 Å². The van der Waals surface area contributed by atoms with Crippen LogP contribution in [0.15, 0.2) is 24.3 Å². The first-order valence-electron chi connectivity index (χ1n) is 8.22. The lowest BCUT2D eigenvalue weighted by molar-refractivity contribution is 0.0927. The monoisotopic (exact) mass is 364 g/mol. The second kappa shape index (κ2) is 8.05. The number of hydrogen-bond donors (Lipinski definition) is 1. The molecule has 3 rings (SSSR count). The van der Waals surface area contributed by atoms with E-state index in [1.807, 2.05) is 24.3 Å². The summed E-state index contributed by atoms with van der Waals surface area (Å²) in [7, 11) is 0. The number of carbonyl (C=O) groups is 1. The van der Waals surface area contributed by atoms with E-state index in [1.54, 1.807) is 6.92 Å². The summed E-state index contributed by atoms with van der Waals surface area (Å²) in [5.41, 5.74) is 1.86. The van der Waals surface area contributed by atoms with Crippen LogP contribution in [0.4, 0.5) is 0 Å². The largest absolute Gasteiger partial charge is 0.349 e. The smallest absolute Gasteiger partial charge is 0.265 e. The quantitative estimate of drug-likeness (QED) is 0.882. The predicted molar refractivity (Wildman–Crippen MR) is 96.6 cm³/mol. The van der Waals surface area contributed by atoms with Gasteiger partial charge in [0.1, 0.15) is 4.88 Å². The maximum Gasteiger partial charge on any atom is 0.265 e. The zero-order chi connectivity index (χ0) is 16.9. The first-order chi connectivity index (χ1) is 11.6. The summed E-state index contributed by atoms with van der Waals surface area (Å²) >= 11 is 7.16. The molecule has 1 aliphatic heterocycles. The molecule has 1 aliphatic rings. The highest BCUT2D eigenvalue weighted by molar-refractivity contribution is 7.07. The number of benzene rings is 1. The number of nitrogens with one attached hydrogen (secondary N) is 1. The maximum absolute atomic E-state index is 12.4. The van der Waals surface area contributed by atoms with Gasteiger partial charge in [-0.3, -0.25) is 9.69 Å². The van der Waals surface area contributed by atoms with Crippen molar-refractivity contribution in [2.24, 2.45) is 0 Å². The minimum atomic E-state index is -0.0986. The van der Waals surface area contributed by atoms with Gasteiger partial charge >= 0.3 is 0 Å². The number of piperidine rings is 1. The zero-order valence-corrected chi connectivity index (χ0v) is 15.2. The molecule has 0 bridgehead atoms. The van der Waals surface area contributed by atoms with E-state index in [-0.39, 0.29) is 11.9 Å². The van der Waals surface area contributed by atoms with E-state index < -0.39 is 0 Å². The van der Waals surface area contributed by atoms with Gasteiger partial charge in [0.15, 0.2) is 0 Å². The van der Waals surface area contributed by atoms with Crippen molar-refractivity contribution in [3.05, 3.63) is 45.4 Å². The summed E-state index contributed by atoms with van der Waals surface area (Å²) in [6.45, 7) is 4.49. The van der Waals surface area contributed by atoms with Crippen LogP contribution < -0.4 is 5.32 Å². The Morgan fingerprint density at radius 1 is 1.29 bits per heavy atom. The van der Waals surface area contributed by atoms with E-state index in [0.29, 0.717) is 17.1 Å². The molecular weight excluding hydrogens is 344 g/mol. The van der Waals surface area contributed by atoms with E-state index in [1.165, 1.54) is 24.8 Å². The van der Waals surface area contributed by atoms with Crippen molar-refractivity contribution in [1.82, 2.24) is 19.8 Å². The van der Waals surface area contributed by atoms with Gasteiger partial charge < -0.3 is 5.32 Å². The topological polar surface area (TPSA) is 58.1 Å². The molecular formula is C17H21ClN4OS. The molecule has 0 radical (unpaired) electrons. The fourth-order valence-corrected chi connectivity index (χ4v) is 3.78. The van der Waals surface area contributed by atoms with E-state index in [0.717, 1.165) is 29.6 Å². The number of halogens is 1. The van der Waals surface area contributed by atoms with Crippen LogP contribution >= 0.6 is 23.1 Å². The Hall–Kier alpha value is -1.50. The third kappa shape index (κ3) is 4.12. The van der Waals surface area contributed by atoms with Crippen molar-refractivity contribution in [2.45, 2.75) is 32.2 Å². The molecule has 0 unspecified atom stereocenters. The van der Waals surface area contributed by atoms with Crippen molar-refractivity contribution in [3.63, 3.8) is 0 Å². The van der Waals surface area contributed by atoms with Crippen molar-refractivity contribution in [3.8, 4) is 0 Å². The van der Waals surface area contributed by atoms with Crippen LogP contribution in [0.25, 0.3) is 0 Å². The zero-order valence-electron chi connectivity index (χ0n) is 13.7. The van der Waals surface area contributed by atoms with Crippen molar-refractivity contribution in [1.29, 1.82) is 0 Å². The second-order valence-electron chi connectivity index (χ2n) is 6.06. The van der Waals surface area contributed by atoms with Crippen LogP contribution in [0.3, 0.4) is 0 Å². The van der Waals surface area contributed by atoms with Crippen LogP contribution in [0.5, 0.6) is 0 Å². The number of hydrogen-bond acceptors (Lipinski definition) is 5. The minimum Gasteiger partial charge on any atom is -0.349 e. The molecule has 0 spiro atoms. The van der Waals surface area contributed by atoms with Gasteiger partial charge in [0, 0.05) is 11.6 Å². The molecule has 5 nitrogen and oxygen atoms in total. The Morgan fingerprint density at radius 2 is 2.00 bits per heavy atom. The summed E-state index contributed by atoms with van der Waals surface area (Å²) in [5, 5.41) is 7.69. The predicted octanol–water partition coefficient (Wildman–Crippen LogP) is 3.46. The van der Waals surface area contributed by atoms with E-state index in [4.69, 9.17) is 11.6 Å². The van der Waals surface area contributed by atoms with Crippen molar-refractivity contribution in [2.75, 3.05) is 19.6 Å². The van der Waals surface area contributed by atoms with Crippen LogP contribution in [0.1, 0.15) is 46.2 Å². The molecule has 128 valence electrons. The Kier molecular flexibility index (Phi) is 5.81. The molecule has 24 heavy (non-hydrogen) atoms. The molecule has 2 aromatic rings. The molecule has 1 saturated heterocycles. The van der Waals surface area contributed by atoms with Gasteiger partial charge in [-0.1, -0.05) is 34.6 Å². The Balaban J connectivity index is 1.73. The lowest BCUT2D eigenvalue weighted by Gasteiger charge is -2.35. The number of likely N-dealkylation sites (tertiary alicyclic amines) is 1. The molecule has 1 atom stereocenters. The molecule has 2 heterocycles. The molecule has 7 heteroatoms. The summed E-state index contributed by atoms with van der Waals surface area (Å²) in [6.07, 6.45) is 3.69. The number of aromatic nitrogens is 2. The number of nitrogens with zero attached hydrogens (tertiary/aromatic N) is 3. The van der Waals surface area contributed by atoms with Gasteiger partial charge in [0.05, 0.1) is 11.7 Å². The highest BCUT2D eigenvalue weighted by atomic mass is 35.5. The van der Waals surface area contributed by atoms with E-state index >= 15 is 0 Å². The average molecular weight is 365 g/mol. The third-order valence-electron chi connectivity index (χ3n) is 4.40. The molecule has 1 N–H and O–H groups in total. The normalized spacial score (nSPS) is 16.8. The van der Waals surface area contributed by atoms with Crippen LogP contribution in [-0.4, -0.2) is 40.0 Å². The van der Waals surface area contributed by atoms with Gasteiger partial charge in [-0.2, -0.15) is 0 Å². The number of aryl methyl sites for hydroxylation is 1. The highest BCUT2D eigenvalue weighted by Gasteiger charge is 2.23. The summed E-state index contributed by atoms with van der Waals surface area (Å²) in [4.78, 5) is 15.4. The Bertz CT molecular complexity index is 682. The van der Waals surface area contributed by atoms with Gasteiger partial charge in [-0.05, 0) is 62.1 Å². The average Bonchev–Trinajstić information content (AvgIpc) is 3.03. The molecule has 1 amide bonds. The SMILES string of the molecule is Cc1nnsc1C(=O)NC[C@H](c1ccc(Cl)cc1)N1CCCCC1. The Morgan fingerprint density at radius 3 is 2.62 bits per heavy atom. The number of amides is 1. The summed E-state index contributed by atoms with van der Waals surface area (Å²) in [5.74, 6) is -0.0986. The third-order valence-corrected chi connectivity index (χ3v) is 5.48. The number of carbonyl (C=O) groups excluding carboxylic acids is 1. The minimum absolute atomic E-state index is 0.0986. The van der Waals surface area contributed by atoms with Gasteiger partial charge in [0.25, 0.3) is 5.91 Å². The first kappa shape index (κ1) is 17.3. The molecule has 1 fully saturated rings. The maximum atomic E-state index is 12.4. The molecule has 1 aromatic heterocycles.